The number of nitrogens with one attached hydrogen (secondary N) is 1. The second-order valence-corrected chi connectivity index (χ2v) is 3.32. The molecule has 0 saturated heterocycles. The largest absolute Gasteiger partial charge is 0.467 e. The minimum absolute atomic E-state index is 0.235. The molecular weight excluding hydrogens is 174 g/mol. The number of aliphatic hydroxyl groups is 1. The highest BCUT2D eigenvalue weighted by Crippen LogP contribution is 2.33. The van der Waals surface area contributed by atoms with E-state index in [1.807, 2.05) is 0 Å². The SMILES string of the molecule is COC(=O)C1(NC(C)=O)CC(O)C1. The van der Waals surface area contributed by atoms with Crippen molar-refractivity contribution in [2.24, 2.45) is 0 Å². The van der Waals surface area contributed by atoms with E-state index in [-0.39, 0.29) is 18.7 Å². The first kappa shape index (κ1) is 9.98. The van der Waals surface area contributed by atoms with Crippen LogP contribution in [0.4, 0.5) is 0 Å². The molecule has 1 aliphatic rings. The van der Waals surface area contributed by atoms with Gasteiger partial charge in [0, 0.05) is 19.8 Å². The highest BCUT2D eigenvalue weighted by Gasteiger charge is 2.51. The number of carbonyl (C=O) groups excluding carboxylic acids is 2. The summed E-state index contributed by atoms with van der Waals surface area (Å²) in [5, 5.41) is 11.6. The number of hydrogen-bond donors (Lipinski definition) is 2. The van der Waals surface area contributed by atoms with Crippen molar-refractivity contribution in [2.45, 2.75) is 31.4 Å². The summed E-state index contributed by atoms with van der Waals surface area (Å²) in [7, 11) is 1.26. The number of rotatable bonds is 2. The molecule has 0 unspecified atom stereocenters. The molecule has 0 heterocycles. The molecule has 0 aromatic heterocycles. The number of ether oxygens (including phenoxy) is 1. The van der Waals surface area contributed by atoms with Gasteiger partial charge in [-0.05, 0) is 0 Å². The Hall–Kier alpha value is -1.10. The molecule has 1 rings (SSSR count). The highest BCUT2D eigenvalue weighted by atomic mass is 16.5. The maximum atomic E-state index is 11.2. The van der Waals surface area contributed by atoms with E-state index in [1.165, 1.54) is 14.0 Å². The Balaban J connectivity index is 2.66. The zero-order valence-electron chi connectivity index (χ0n) is 7.66. The fraction of sp³-hybridized carbons (Fsp3) is 0.750. The van der Waals surface area contributed by atoms with Crippen molar-refractivity contribution in [1.29, 1.82) is 0 Å². The molecule has 5 heteroatoms. The summed E-state index contributed by atoms with van der Waals surface area (Å²) in [4.78, 5) is 22.0. The quantitative estimate of drug-likeness (QED) is 0.554. The van der Waals surface area contributed by atoms with Crippen LogP contribution >= 0.6 is 0 Å². The van der Waals surface area contributed by atoms with E-state index in [2.05, 4.69) is 10.1 Å². The molecule has 0 aromatic rings. The van der Waals surface area contributed by atoms with Gasteiger partial charge in [0.1, 0.15) is 5.54 Å². The average Bonchev–Trinajstić information content (AvgIpc) is 1.98. The van der Waals surface area contributed by atoms with Gasteiger partial charge in [-0.1, -0.05) is 0 Å². The van der Waals surface area contributed by atoms with Crippen molar-refractivity contribution in [3.05, 3.63) is 0 Å². The Morgan fingerprint density at radius 3 is 2.38 bits per heavy atom. The molecule has 0 aromatic carbocycles. The van der Waals surface area contributed by atoms with Gasteiger partial charge in [-0.15, -0.1) is 0 Å². The number of methoxy groups -OCH3 is 1. The van der Waals surface area contributed by atoms with Crippen LogP contribution in [0.2, 0.25) is 0 Å². The van der Waals surface area contributed by atoms with E-state index >= 15 is 0 Å². The van der Waals surface area contributed by atoms with Gasteiger partial charge in [-0.25, -0.2) is 4.79 Å². The van der Waals surface area contributed by atoms with E-state index in [4.69, 9.17) is 5.11 Å². The lowest BCUT2D eigenvalue weighted by Crippen LogP contribution is -2.64. The fourth-order valence-corrected chi connectivity index (χ4v) is 1.60. The van der Waals surface area contributed by atoms with Gasteiger partial charge >= 0.3 is 5.97 Å². The summed E-state index contributed by atoms with van der Waals surface area (Å²) >= 11 is 0. The van der Waals surface area contributed by atoms with Crippen LogP contribution in [0, 0.1) is 0 Å². The third kappa shape index (κ3) is 1.80. The molecule has 13 heavy (non-hydrogen) atoms. The molecule has 2 N–H and O–H groups in total. The summed E-state index contributed by atoms with van der Waals surface area (Å²) in [5.74, 6) is -0.787. The lowest BCUT2D eigenvalue weighted by molar-refractivity contribution is -0.160. The lowest BCUT2D eigenvalue weighted by atomic mass is 9.74. The van der Waals surface area contributed by atoms with Crippen LogP contribution < -0.4 is 5.32 Å². The van der Waals surface area contributed by atoms with Gasteiger partial charge in [0.05, 0.1) is 13.2 Å². The zero-order chi connectivity index (χ0) is 10.1. The van der Waals surface area contributed by atoms with Gasteiger partial charge in [0.25, 0.3) is 0 Å². The maximum Gasteiger partial charge on any atom is 0.331 e. The normalized spacial score (nSPS) is 31.8. The second-order valence-electron chi connectivity index (χ2n) is 3.32. The Morgan fingerprint density at radius 1 is 1.54 bits per heavy atom. The summed E-state index contributed by atoms with van der Waals surface area (Å²) in [6.45, 7) is 1.33. The topological polar surface area (TPSA) is 75.6 Å². The second kappa shape index (κ2) is 3.33. The molecule has 5 nitrogen and oxygen atoms in total. The number of carbonyl (C=O) groups is 2. The van der Waals surface area contributed by atoms with Gasteiger partial charge in [-0.3, -0.25) is 4.79 Å². The minimum Gasteiger partial charge on any atom is -0.467 e. The van der Waals surface area contributed by atoms with Crippen molar-refractivity contribution in [3.8, 4) is 0 Å². The standard InChI is InChI=1S/C8H13NO4/c1-5(10)9-8(7(12)13-2)3-6(11)4-8/h6,11H,3-4H2,1-2H3,(H,9,10). The van der Waals surface area contributed by atoms with E-state index in [0.717, 1.165) is 0 Å². The predicted octanol–water partition coefficient (Wildman–Crippen LogP) is -0.811. The number of aliphatic hydroxyl groups excluding tert-OH is 1. The van der Waals surface area contributed by atoms with Gasteiger partial charge in [0.2, 0.25) is 5.91 Å². The molecule has 0 aliphatic heterocycles. The molecule has 0 atom stereocenters. The van der Waals surface area contributed by atoms with Gasteiger partial charge in [0.15, 0.2) is 0 Å². The molecule has 1 aliphatic carbocycles. The van der Waals surface area contributed by atoms with E-state index in [0.29, 0.717) is 0 Å². The summed E-state index contributed by atoms with van der Waals surface area (Å²) < 4.78 is 4.54. The smallest absolute Gasteiger partial charge is 0.331 e. The first-order chi connectivity index (χ1) is 6.00. The van der Waals surface area contributed by atoms with Crippen molar-refractivity contribution >= 4 is 11.9 Å². The van der Waals surface area contributed by atoms with Crippen LogP contribution in [0.15, 0.2) is 0 Å². The third-order valence-electron chi connectivity index (χ3n) is 2.16. The van der Waals surface area contributed by atoms with Crippen LogP contribution in [0.5, 0.6) is 0 Å². The lowest BCUT2D eigenvalue weighted by Gasteiger charge is -2.42. The molecular formula is C8H13NO4. The molecule has 1 saturated carbocycles. The van der Waals surface area contributed by atoms with Crippen LogP contribution in [0.25, 0.3) is 0 Å². The minimum atomic E-state index is -0.986. The van der Waals surface area contributed by atoms with Crippen LogP contribution in [0.3, 0.4) is 0 Å². The predicted molar refractivity (Wildman–Crippen MR) is 43.8 cm³/mol. The number of hydrogen-bond acceptors (Lipinski definition) is 4. The summed E-state index contributed by atoms with van der Waals surface area (Å²) in [5.41, 5.74) is -0.986. The third-order valence-corrected chi connectivity index (χ3v) is 2.16. The maximum absolute atomic E-state index is 11.2. The van der Waals surface area contributed by atoms with Crippen LogP contribution in [-0.4, -0.2) is 35.7 Å². The fourth-order valence-electron chi connectivity index (χ4n) is 1.60. The Kier molecular flexibility index (Phi) is 2.56. The number of esters is 1. The van der Waals surface area contributed by atoms with Crippen molar-refractivity contribution < 1.29 is 19.4 Å². The van der Waals surface area contributed by atoms with Crippen LogP contribution in [-0.2, 0) is 14.3 Å². The molecule has 0 spiro atoms. The van der Waals surface area contributed by atoms with E-state index < -0.39 is 17.6 Å². The molecule has 0 bridgehead atoms. The zero-order valence-corrected chi connectivity index (χ0v) is 7.66. The molecule has 0 radical (unpaired) electrons. The molecule has 1 amide bonds. The van der Waals surface area contributed by atoms with E-state index in [1.54, 1.807) is 0 Å². The first-order valence-corrected chi connectivity index (χ1v) is 4.05. The van der Waals surface area contributed by atoms with Gasteiger partial charge < -0.3 is 15.2 Å². The Bertz CT molecular complexity index is 232. The number of amides is 1. The Morgan fingerprint density at radius 2 is 2.08 bits per heavy atom. The average molecular weight is 187 g/mol. The molecule has 74 valence electrons. The van der Waals surface area contributed by atoms with E-state index in [9.17, 15) is 9.59 Å². The van der Waals surface area contributed by atoms with Crippen molar-refractivity contribution in [1.82, 2.24) is 5.32 Å². The summed E-state index contributed by atoms with van der Waals surface area (Å²) in [6, 6.07) is 0. The first-order valence-electron chi connectivity index (χ1n) is 4.05. The Labute approximate surface area is 76.1 Å². The monoisotopic (exact) mass is 187 g/mol. The summed E-state index contributed by atoms with van der Waals surface area (Å²) in [6.07, 6.45) is -0.0515. The highest BCUT2D eigenvalue weighted by molar-refractivity contribution is 5.88. The van der Waals surface area contributed by atoms with Crippen LogP contribution in [0.1, 0.15) is 19.8 Å². The van der Waals surface area contributed by atoms with Crippen molar-refractivity contribution in [3.63, 3.8) is 0 Å². The van der Waals surface area contributed by atoms with Crippen molar-refractivity contribution in [2.75, 3.05) is 7.11 Å². The van der Waals surface area contributed by atoms with Gasteiger partial charge in [-0.2, -0.15) is 0 Å². The molecule has 1 fully saturated rings.